The molecule has 1 aliphatic rings. The van der Waals surface area contributed by atoms with Gasteiger partial charge in [0, 0.05) is 24.2 Å². The van der Waals surface area contributed by atoms with Crippen molar-refractivity contribution in [3.05, 3.63) is 35.4 Å². The zero-order valence-corrected chi connectivity index (χ0v) is 10.0. The first-order chi connectivity index (χ1) is 8.67. The Bertz CT molecular complexity index is 382. The van der Waals surface area contributed by atoms with Crippen molar-refractivity contribution in [3.8, 4) is 0 Å². The number of aliphatic hydroxyl groups is 2. The summed E-state index contributed by atoms with van der Waals surface area (Å²) in [6, 6.07) is 3.49. The quantitative estimate of drug-likeness (QED) is 0.854. The molecule has 3 nitrogen and oxygen atoms in total. The van der Waals surface area contributed by atoms with Gasteiger partial charge in [0.2, 0.25) is 0 Å². The van der Waals surface area contributed by atoms with Crippen LogP contribution in [-0.2, 0) is 6.54 Å². The third-order valence-electron chi connectivity index (χ3n) is 3.60. The minimum Gasteiger partial charge on any atom is -0.395 e. The van der Waals surface area contributed by atoms with E-state index in [-0.39, 0.29) is 37.4 Å². The predicted molar refractivity (Wildman–Crippen MR) is 62.9 cm³/mol. The summed E-state index contributed by atoms with van der Waals surface area (Å²) in [7, 11) is 0. The van der Waals surface area contributed by atoms with Crippen LogP contribution in [0.5, 0.6) is 0 Å². The second kappa shape index (κ2) is 5.73. The van der Waals surface area contributed by atoms with Gasteiger partial charge in [-0.05, 0) is 25.0 Å². The third-order valence-corrected chi connectivity index (χ3v) is 3.60. The molecule has 1 aromatic carbocycles. The Balaban J connectivity index is 2.20. The van der Waals surface area contributed by atoms with Crippen LogP contribution < -0.4 is 0 Å². The minimum atomic E-state index is -0.588. The lowest BCUT2D eigenvalue weighted by molar-refractivity contribution is 0.0882. The van der Waals surface area contributed by atoms with Crippen molar-refractivity contribution in [3.63, 3.8) is 0 Å². The standard InChI is InChI=1S/C13H17F2NO2/c14-12-2-1-3-13(15)11(12)6-16-9(7-17)4-5-10(16)8-18/h1-3,9-10,17-18H,4-8H2/t9-,10-/m0/s1. The lowest BCUT2D eigenvalue weighted by Crippen LogP contribution is -2.39. The fourth-order valence-corrected chi connectivity index (χ4v) is 2.53. The van der Waals surface area contributed by atoms with Gasteiger partial charge in [0.1, 0.15) is 11.6 Å². The number of benzene rings is 1. The summed E-state index contributed by atoms with van der Waals surface area (Å²) in [4.78, 5) is 1.78. The number of rotatable bonds is 4. The molecule has 18 heavy (non-hydrogen) atoms. The van der Waals surface area contributed by atoms with E-state index in [1.807, 2.05) is 0 Å². The van der Waals surface area contributed by atoms with Crippen LogP contribution in [0.3, 0.4) is 0 Å². The van der Waals surface area contributed by atoms with Gasteiger partial charge in [0.25, 0.3) is 0 Å². The van der Waals surface area contributed by atoms with Crippen molar-refractivity contribution < 1.29 is 19.0 Å². The van der Waals surface area contributed by atoms with Crippen molar-refractivity contribution in [2.24, 2.45) is 0 Å². The fourth-order valence-electron chi connectivity index (χ4n) is 2.53. The molecular formula is C13H17F2NO2. The van der Waals surface area contributed by atoms with Crippen LogP contribution in [0.25, 0.3) is 0 Å². The van der Waals surface area contributed by atoms with E-state index < -0.39 is 11.6 Å². The van der Waals surface area contributed by atoms with E-state index in [0.29, 0.717) is 0 Å². The molecule has 0 aromatic heterocycles. The first-order valence-electron chi connectivity index (χ1n) is 6.07. The highest BCUT2D eigenvalue weighted by Crippen LogP contribution is 2.27. The van der Waals surface area contributed by atoms with Crippen molar-refractivity contribution in [2.75, 3.05) is 13.2 Å². The van der Waals surface area contributed by atoms with Crippen LogP contribution in [0.15, 0.2) is 18.2 Å². The number of hydrogen-bond acceptors (Lipinski definition) is 3. The van der Waals surface area contributed by atoms with Crippen LogP contribution >= 0.6 is 0 Å². The van der Waals surface area contributed by atoms with E-state index in [1.165, 1.54) is 18.2 Å². The molecule has 0 radical (unpaired) electrons. The Morgan fingerprint density at radius 3 is 2.00 bits per heavy atom. The summed E-state index contributed by atoms with van der Waals surface area (Å²) >= 11 is 0. The molecular weight excluding hydrogens is 240 g/mol. The normalized spacial score (nSPS) is 24.7. The Hall–Kier alpha value is -1.04. The average Bonchev–Trinajstić information content (AvgIpc) is 2.76. The van der Waals surface area contributed by atoms with Gasteiger partial charge in [0.15, 0.2) is 0 Å². The fraction of sp³-hybridized carbons (Fsp3) is 0.538. The molecule has 1 aliphatic heterocycles. The van der Waals surface area contributed by atoms with Gasteiger partial charge in [-0.25, -0.2) is 8.78 Å². The number of halogens is 2. The molecule has 2 rings (SSSR count). The zero-order valence-electron chi connectivity index (χ0n) is 10.0. The number of likely N-dealkylation sites (tertiary alicyclic amines) is 1. The van der Waals surface area contributed by atoms with E-state index in [9.17, 15) is 19.0 Å². The Kier molecular flexibility index (Phi) is 4.27. The van der Waals surface area contributed by atoms with Crippen molar-refractivity contribution in [1.29, 1.82) is 0 Å². The SMILES string of the molecule is OC[C@@H]1CC[C@@H](CO)N1Cc1c(F)cccc1F. The summed E-state index contributed by atoms with van der Waals surface area (Å²) in [5, 5.41) is 18.5. The van der Waals surface area contributed by atoms with Gasteiger partial charge in [-0.2, -0.15) is 0 Å². The second-order valence-electron chi connectivity index (χ2n) is 4.62. The molecule has 1 saturated heterocycles. The molecule has 1 fully saturated rings. The second-order valence-corrected chi connectivity index (χ2v) is 4.62. The zero-order chi connectivity index (χ0) is 13.1. The first kappa shape index (κ1) is 13.4. The number of nitrogens with zero attached hydrogens (tertiary/aromatic N) is 1. The lowest BCUT2D eigenvalue weighted by Gasteiger charge is -2.28. The van der Waals surface area contributed by atoms with Gasteiger partial charge in [0.05, 0.1) is 13.2 Å². The third kappa shape index (κ3) is 2.53. The smallest absolute Gasteiger partial charge is 0.130 e. The summed E-state index contributed by atoms with van der Waals surface area (Å²) in [6.45, 7) is -0.0475. The van der Waals surface area contributed by atoms with Gasteiger partial charge in [-0.3, -0.25) is 4.90 Å². The van der Waals surface area contributed by atoms with Crippen LogP contribution in [-0.4, -0.2) is 40.4 Å². The summed E-state index contributed by atoms with van der Waals surface area (Å²) in [6.07, 6.45) is 1.47. The van der Waals surface area contributed by atoms with Gasteiger partial charge in [-0.15, -0.1) is 0 Å². The number of hydrogen-bond donors (Lipinski definition) is 2. The topological polar surface area (TPSA) is 43.7 Å². The highest BCUT2D eigenvalue weighted by molar-refractivity contribution is 5.20. The Morgan fingerprint density at radius 2 is 1.56 bits per heavy atom. The molecule has 1 aromatic rings. The largest absolute Gasteiger partial charge is 0.395 e. The minimum absolute atomic E-state index is 0.00343. The molecule has 5 heteroatoms. The summed E-state index contributed by atoms with van der Waals surface area (Å²) in [5.74, 6) is -1.18. The maximum atomic E-state index is 13.6. The van der Waals surface area contributed by atoms with Crippen LogP contribution in [0.2, 0.25) is 0 Å². The first-order valence-corrected chi connectivity index (χ1v) is 6.07. The van der Waals surface area contributed by atoms with Gasteiger partial charge in [-0.1, -0.05) is 6.07 Å². The van der Waals surface area contributed by atoms with Crippen molar-refractivity contribution >= 4 is 0 Å². The molecule has 0 amide bonds. The molecule has 0 saturated carbocycles. The Morgan fingerprint density at radius 1 is 1.06 bits per heavy atom. The van der Waals surface area contributed by atoms with Gasteiger partial charge >= 0.3 is 0 Å². The van der Waals surface area contributed by atoms with Crippen LogP contribution in [0.1, 0.15) is 18.4 Å². The average molecular weight is 257 g/mol. The summed E-state index contributed by atoms with van der Waals surface area (Å²) in [5.41, 5.74) is -0.00343. The Labute approximate surface area is 105 Å². The molecule has 0 unspecified atom stereocenters. The van der Waals surface area contributed by atoms with E-state index in [2.05, 4.69) is 0 Å². The lowest BCUT2D eigenvalue weighted by atomic mass is 10.1. The molecule has 100 valence electrons. The van der Waals surface area contributed by atoms with E-state index in [0.717, 1.165) is 12.8 Å². The van der Waals surface area contributed by atoms with E-state index in [4.69, 9.17) is 0 Å². The van der Waals surface area contributed by atoms with Gasteiger partial charge < -0.3 is 10.2 Å². The highest BCUT2D eigenvalue weighted by atomic mass is 19.1. The maximum Gasteiger partial charge on any atom is 0.130 e. The molecule has 2 atom stereocenters. The number of aliphatic hydroxyl groups excluding tert-OH is 2. The molecule has 0 bridgehead atoms. The van der Waals surface area contributed by atoms with Crippen LogP contribution in [0.4, 0.5) is 8.78 Å². The van der Waals surface area contributed by atoms with Crippen molar-refractivity contribution in [2.45, 2.75) is 31.5 Å². The molecule has 1 heterocycles. The van der Waals surface area contributed by atoms with Crippen molar-refractivity contribution in [1.82, 2.24) is 4.90 Å². The molecule has 0 aliphatic carbocycles. The monoisotopic (exact) mass is 257 g/mol. The summed E-state index contributed by atoms with van der Waals surface area (Å²) < 4.78 is 27.1. The predicted octanol–water partition coefficient (Wildman–Crippen LogP) is 1.28. The highest BCUT2D eigenvalue weighted by Gasteiger charge is 2.33. The molecule has 0 spiro atoms. The van der Waals surface area contributed by atoms with Crippen LogP contribution in [0, 0.1) is 11.6 Å². The van der Waals surface area contributed by atoms with E-state index in [1.54, 1.807) is 4.90 Å². The van der Waals surface area contributed by atoms with E-state index >= 15 is 0 Å². The molecule has 2 N–H and O–H groups in total. The maximum absolute atomic E-state index is 13.6.